The first-order valence-electron chi connectivity index (χ1n) is 9.36. The highest BCUT2D eigenvalue weighted by molar-refractivity contribution is 7.80. The molecule has 0 aliphatic heterocycles. The van der Waals surface area contributed by atoms with E-state index in [1.165, 1.54) is 0 Å². The van der Waals surface area contributed by atoms with E-state index in [4.69, 9.17) is 12.2 Å². The average molecular weight is 391 g/mol. The summed E-state index contributed by atoms with van der Waals surface area (Å²) in [5.74, 6) is 0. The van der Waals surface area contributed by atoms with Crippen LogP contribution in [0.15, 0.2) is 83.0 Å². The Hall–Kier alpha value is -3.05. The molecule has 2 N–H and O–H groups in total. The average Bonchev–Trinajstić information content (AvgIpc) is 2.75. The standard InChI is InChI=1S/C23H26N4S/c1-3-21(17-15-19-11-7-5-8-12-19)24-26-23(28)27-25-22(4-2)18-16-20-13-9-6-10-14-20/h5-18H,3-4H2,1-2H3,(H2,26,27,28)/b17-15-,18-16-,24-21-,25-22+. The van der Waals surface area contributed by atoms with E-state index in [9.17, 15) is 0 Å². The zero-order chi connectivity index (χ0) is 20.0. The van der Waals surface area contributed by atoms with Crippen molar-refractivity contribution in [2.24, 2.45) is 10.2 Å². The van der Waals surface area contributed by atoms with E-state index < -0.39 is 0 Å². The molecule has 5 heteroatoms. The molecule has 0 aliphatic carbocycles. The Labute approximate surface area is 172 Å². The van der Waals surface area contributed by atoms with Gasteiger partial charge >= 0.3 is 0 Å². The molecule has 0 fully saturated rings. The fourth-order valence-corrected chi connectivity index (χ4v) is 2.34. The van der Waals surface area contributed by atoms with Crippen LogP contribution in [0.25, 0.3) is 12.2 Å². The van der Waals surface area contributed by atoms with E-state index in [-0.39, 0.29) is 0 Å². The number of nitrogens with zero attached hydrogens (tertiary/aromatic N) is 2. The fourth-order valence-electron chi connectivity index (χ4n) is 2.25. The van der Waals surface area contributed by atoms with Gasteiger partial charge in [-0.05, 0) is 48.3 Å². The van der Waals surface area contributed by atoms with Crippen LogP contribution in [0.4, 0.5) is 0 Å². The lowest BCUT2D eigenvalue weighted by Gasteiger charge is -2.05. The molecule has 0 radical (unpaired) electrons. The molecular formula is C23H26N4S. The number of hydrazone groups is 2. The minimum atomic E-state index is 0.359. The minimum Gasteiger partial charge on any atom is -0.252 e. The Kier molecular flexibility index (Phi) is 9.38. The lowest BCUT2D eigenvalue weighted by molar-refractivity contribution is 0.918. The zero-order valence-electron chi connectivity index (χ0n) is 16.3. The van der Waals surface area contributed by atoms with Crippen molar-refractivity contribution in [2.75, 3.05) is 0 Å². The molecule has 2 rings (SSSR count). The van der Waals surface area contributed by atoms with Crippen molar-refractivity contribution >= 4 is 40.9 Å². The monoisotopic (exact) mass is 390 g/mol. The number of hydrogen-bond donors (Lipinski definition) is 2. The molecule has 0 heterocycles. The van der Waals surface area contributed by atoms with Gasteiger partial charge in [0.15, 0.2) is 0 Å². The molecule has 0 saturated carbocycles. The molecule has 28 heavy (non-hydrogen) atoms. The minimum absolute atomic E-state index is 0.359. The molecule has 2 aromatic rings. The Morgan fingerprint density at radius 1 is 0.750 bits per heavy atom. The van der Waals surface area contributed by atoms with Crippen molar-refractivity contribution in [2.45, 2.75) is 26.7 Å². The highest BCUT2D eigenvalue weighted by atomic mass is 32.1. The van der Waals surface area contributed by atoms with Gasteiger partial charge in [-0.25, -0.2) is 0 Å². The molecule has 0 aliphatic rings. The third-order valence-corrected chi connectivity index (χ3v) is 4.04. The fraction of sp³-hybridized carbons (Fsp3) is 0.174. The van der Waals surface area contributed by atoms with Crippen LogP contribution in [-0.4, -0.2) is 16.5 Å². The molecule has 2 aromatic carbocycles. The molecular weight excluding hydrogens is 364 g/mol. The summed E-state index contributed by atoms with van der Waals surface area (Å²) in [6, 6.07) is 20.2. The van der Waals surface area contributed by atoms with Gasteiger partial charge in [0, 0.05) is 0 Å². The summed E-state index contributed by atoms with van der Waals surface area (Å²) in [7, 11) is 0. The highest BCUT2D eigenvalue weighted by Gasteiger charge is 1.96. The molecule has 4 nitrogen and oxygen atoms in total. The Balaban J connectivity index is 1.90. The van der Waals surface area contributed by atoms with Gasteiger partial charge in [0.25, 0.3) is 0 Å². The molecule has 0 aromatic heterocycles. The van der Waals surface area contributed by atoms with Gasteiger partial charge in [0.2, 0.25) is 5.11 Å². The van der Waals surface area contributed by atoms with Gasteiger partial charge in [-0.3, -0.25) is 10.9 Å². The maximum Gasteiger partial charge on any atom is 0.207 e. The first kappa shape index (κ1) is 21.3. The van der Waals surface area contributed by atoms with Crippen LogP contribution < -0.4 is 10.9 Å². The summed E-state index contributed by atoms with van der Waals surface area (Å²) < 4.78 is 0. The Bertz CT molecular complexity index is 781. The van der Waals surface area contributed by atoms with Crippen molar-refractivity contribution in [3.8, 4) is 0 Å². The van der Waals surface area contributed by atoms with E-state index in [1.807, 2.05) is 98.8 Å². The molecule has 0 unspecified atom stereocenters. The van der Waals surface area contributed by atoms with Gasteiger partial charge in [-0.2, -0.15) is 10.2 Å². The predicted octanol–water partition coefficient (Wildman–Crippen LogP) is 5.41. The first-order chi connectivity index (χ1) is 13.7. The van der Waals surface area contributed by atoms with Crippen LogP contribution in [0.1, 0.15) is 37.8 Å². The van der Waals surface area contributed by atoms with Crippen LogP contribution in [-0.2, 0) is 0 Å². The third kappa shape index (κ3) is 8.10. The predicted molar refractivity (Wildman–Crippen MR) is 125 cm³/mol. The smallest absolute Gasteiger partial charge is 0.207 e. The van der Waals surface area contributed by atoms with Crippen molar-refractivity contribution in [3.05, 3.63) is 83.9 Å². The topological polar surface area (TPSA) is 48.8 Å². The van der Waals surface area contributed by atoms with E-state index in [0.717, 1.165) is 35.4 Å². The van der Waals surface area contributed by atoms with Crippen LogP contribution in [0.3, 0.4) is 0 Å². The normalized spacial score (nSPS) is 12.5. The zero-order valence-corrected chi connectivity index (χ0v) is 17.1. The number of thiocarbonyl (C=S) groups is 1. The lowest BCUT2D eigenvalue weighted by Crippen LogP contribution is -2.29. The number of nitrogens with one attached hydrogen (secondary N) is 2. The van der Waals surface area contributed by atoms with Crippen LogP contribution in [0.5, 0.6) is 0 Å². The second kappa shape index (κ2) is 12.4. The van der Waals surface area contributed by atoms with Crippen LogP contribution >= 0.6 is 12.2 Å². The maximum atomic E-state index is 5.26. The van der Waals surface area contributed by atoms with Crippen LogP contribution in [0, 0.1) is 0 Å². The summed E-state index contributed by atoms with van der Waals surface area (Å²) in [5, 5.41) is 9.05. The molecule has 0 amide bonds. The lowest BCUT2D eigenvalue weighted by atomic mass is 10.2. The molecule has 0 spiro atoms. The third-order valence-electron chi connectivity index (χ3n) is 3.86. The summed E-state index contributed by atoms with van der Waals surface area (Å²) >= 11 is 5.26. The number of benzene rings is 2. The second-order valence-electron chi connectivity index (χ2n) is 5.95. The molecule has 0 atom stereocenters. The van der Waals surface area contributed by atoms with Crippen LogP contribution in [0.2, 0.25) is 0 Å². The Morgan fingerprint density at radius 2 is 1.14 bits per heavy atom. The van der Waals surface area contributed by atoms with Crippen molar-refractivity contribution in [3.63, 3.8) is 0 Å². The van der Waals surface area contributed by atoms with Gasteiger partial charge in [-0.1, -0.05) is 86.7 Å². The summed E-state index contributed by atoms with van der Waals surface area (Å²) in [6.07, 6.45) is 9.61. The van der Waals surface area contributed by atoms with Gasteiger partial charge in [-0.15, -0.1) is 0 Å². The number of allylic oxidation sites excluding steroid dienone is 2. The first-order valence-corrected chi connectivity index (χ1v) is 9.77. The number of hydrogen-bond acceptors (Lipinski definition) is 3. The summed E-state index contributed by atoms with van der Waals surface area (Å²) in [5.41, 5.74) is 9.76. The highest BCUT2D eigenvalue weighted by Crippen LogP contribution is 2.03. The van der Waals surface area contributed by atoms with E-state index in [2.05, 4.69) is 21.1 Å². The van der Waals surface area contributed by atoms with Gasteiger partial charge in [0.1, 0.15) is 0 Å². The van der Waals surface area contributed by atoms with Gasteiger partial charge in [0.05, 0.1) is 11.4 Å². The van der Waals surface area contributed by atoms with Crippen molar-refractivity contribution < 1.29 is 0 Å². The van der Waals surface area contributed by atoms with E-state index in [1.54, 1.807) is 0 Å². The summed E-state index contributed by atoms with van der Waals surface area (Å²) in [6.45, 7) is 4.10. The number of rotatable bonds is 8. The molecule has 144 valence electrons. The SMILES string of the molecule is CCC(/C=C\c1ccccc1)=N/NC(=S)N/N=C(/C=C\c1ccccc1)CC. The largest absolute Gasteiger partial charge is 0.252 e. The van der Waals surface area contributed by atoms with Crippen molar-refractivity contribution in [1.29, 1.82) is 0 Å². The Morgan fingerprint density at radius 3 is 1.50 bits per heavy atom. The van der Waals surface area contributed by atoms with Crippen molar-refractivity contribution in [1.82, 2.24) is 10.9 Å². The van der Waals surface area contributed by atoms with E-state index >= 15 is 0 Å². The quantitative estimate of drug-likeness (QED) is 0.360. The van der Waals surface area contributed by atoms with E-state index in [0.29, 0.717) is 5.11 Å². The molecule has 0 saturated heterocycles. The maximum absolute atomic E-state index is 5.26. The summed E-state index contributed by atoms with van der Waals surface area (Å²) in [4.78, 5) is 0. The molecule has 0 bridgehead atoms. The van der Waals surface area contributed by atoms with Gasteiger partial charge < -0.3 is 0 Å². The second-order valence-corrected chi connectivity index (χ2v) is 6.36.